The third kappa shape index (κ3) is 4.08. The number of amides is 2. The maximum Gasteiger partial charge on any atom is 0.270 e. The van der Waals surface area contributed by atoms with Gasteiger partial charge < -0.3 is 9.47 Å². The highest BCUT2D eigenvalue weighted by molar-refractivity contribution is 7.80. The third-order valence-corrected chi connectivity index (χ3v) is 4.61. The summed E-state index contributed by atoms with van der Waals surface area (Å²) >= 11 is 11.3. The molecule has 9 heteroatoms. The van der Waals surface area contributed by atoms with Crippen molar-refractivity contribution in [1.29, 1.82) is 0 Å². The molecule has 150 valence electrons. The van der Waals surface area contributed by atoms with Crippen molar-refractivity contribution < 1.29 is 23.5 Å². The minimum absolute atomic E-state index is 0.0595. The highest BCUT2D eigenvalue weighted by Gasteiger charge is 2.35. The maximum atomic E-state index is 14.2. The summed E-state index contributed by atoms with van der Waals surface area (Å²) < 4.78 is 24.9. The van der Waals surface area contributed by atoms with Gasteiger partial charge in [0.2, 0.25) is 0 Å². The number of nitrogens with zero attached hydrogens (tertiary/aromatic N) is 1. The smallest absolute Gasteiger partial charge is 0.270 e. The number of carbonyl (C=O) groups is 2. The molecule has 29 heavy (non-hydrogen) atoms. The summed E-state index contributed by atoms with van der Waals surface area (Å²) in [6, 6.07) is 8.74. The SMILES string of the molecule is CCOc1c(Cl)cc(/C=C2\C(=O)NC(=S)N(c3ccccc3F)C2=O)cc1OC. The van der Waals surface area contributed by atoms with Crippen LogP contribution in [0.15, 0.2) is 42.0 Å². The molecule has 0 saturated carbocycles. The summed E-state index contributed by atoms with van der Waals surface area (Å²) in [4.78, 5) is 26.3. The summed E-state index contributed by atoms with van der Waals surface area (Å²) in [5, 5.41) is 2.45. The second-order valence-electron chi connectivity index (χ2n) is 5.88. The van der Waals surface area contributed by atoms with Gasteiger partial charge in [0.05, 0.1) is 24.4 Å². The summed E-state index contributed by atoms with van der Waals surface area (Å²) in [6.45, 7) is 2.18. The average Bonchev–Trinajstić information content (AvgIpc) is 2.68. The largest absolute Gasteiger partial charge is 0.493 e. The van der Waals surface area contributed by atoms with Crippen molar-refractivity contribution in [1.82, 2.24) is 5.32 Å². The fourth-order valence-corrected chi connectivity index (χ4v) is 3.33. The summed E-state index contributed by atoms with van der Waals surface area (Å²) in [5.41, 5.74) is 0.134. The van der Waals surface area contributed by atoms with Crippen molar-refractivity contribution in [3.05, 3.63) is 58.4 Å². The van der Waals surface area contributed by atoms with Gasteiger partial charge in [-0.15, -0.1) is 0 Å². The molecular weight excluding hydrogens is 419 g/mol. The highest BCUT2D eigenvalue weighted by Crippen LogP contribution is 2.37. The van der Waals surface area contributed by atoms with Crippen LogP contribution in [0.1, 0.15) is 12.5 Å². The molecule has 6 nitrogen and oxygen atoms in total. The van der Waals surface area contributed by atoms with Crippen LogP contribution in [0.3, 0.4) is 0 Å². The second-order valence-corrected chi connectivity index (χ2v) is 6.67. The summed E-state index contributed by atoms with van der Waals surface area (Å²) in [5.74, 6) is -1.40. The van der Waals surface area contributed by atoms with Crippen LogP contribution in [0.4, 0.5) is 10.1 Å². The van der Waals surface area contributed by atoms with Crippen LogP contribution in [-0.4, -0.2) is 30.6 Å². The lowest BCUT2D eigenvalue weighted by molar-refractivity contribution is -0.122. The fraction of sp³-hybridized carbons (Fsp3) is 0.150. The fourth-order valence-electron chi connectivity index (χ4n) is 2.78. The van der Waals surface area contributed by atoms with Crippen LogP contribution in [0.25, 0.3) is 6.08 Å². The van der Waals surface area contributed by atoms with E-state index in [1.165, 1.54) is 37.5 Å². The number of ether oxygens (including phenoxy) is 2. The first kappa shape index (κ1) is 20.8. The second kappa shape index (κ2) is 8.59. The normalized spacial score (nSPS) is 15.5. The Morgan fingerprint density at radius 3 is 2.66 bits per heavy atom. The topological polar surface area (TPSA) is 67.9 Å². The van der Waals surface area contributed by atoms with Crippen LogP contribution < -0.4 is 19.7 Å². The molecular formula is C20H16ClFN2O4S. The zero-order valence-electron chi connectivity index (χ0n) is 15.5. The van der Waals surface area contributed by atoms with Crippen LogP contribution in [-0.2, 0) is 9.59 Å². The molecule has 0 radical (unpaired) electrons. The first-order valence-electron chi connectivity index (χ1n) is 8.53. The number of anilines is 1. The Labute approximate surface area is 176 Å². The van der Waals surface area contributed by atoms with Gasteiger partial charge in [-0.1, -0.05) is 23.7 Å². The molecule has 0 bridgehead atoms. The predicted molar refractivity (Wildman–Crippen MR) is 112 cm³/mol. The zero-order chi connectivity index (χ0) is 21.1. The molecule has 1 fully saturated rings. The van der Waals surface area contributed by atoms with Gasteiger partial charge in [0.15, 0.2) is 16.6 Å². The number of nitrogens with one attached hydrogen (secondary N) is 1. The van der Waals surface area contributed by atoms with E-state index in [9.17, 15) is 14.0 Å². The molecule has 2 amide bonds. The van der Waals surface area contributed by atoms with Crippen molar-refractivity contribution in [2.45, 2.75) is 6.92 Å². The van der Waals surface area contributed by atoms with Gasteiger partial charge in [-0.05, 0) is 55.0 Å². The van der Waals surface area contributed by atoms with E-state index < -0.39 is 17.6 Å². The Hall–Kier alpha value is -2.97. The summed E-state index contributed by atoms with van der Waals surface area (Å²) in [7, 11) is 1.45. The predicted octanol–water partition coefficient (Wildman–Crippen LogP) is 3.72. The van der Waals surface area contributed by atoms with Crippen LogP contribution >= 0.6 is 23.8 Å². The van der Waals surface area contributed by atoms with E-state index in [1.807, 2.05) is 0 Å². The molecule has 0 aromatic heterocycles. The van der Waals surface area contributed by atoms with Crippen LogP contribution in [0, 0.1) is 5.82 Å². The molecule has 0 spiro atoms. The van der Waals surface area contributed by atoms with Crippen LogP contribution in [0.5, 0.6) is 11.5 Å². The average molecular weight is 435 g/mol. The number of hydrogen-bond acceptors (Lipinski definition) is 5. The van der Waals surface area contributed by atoms with E-state index in [2.05, 4.69) is 5.32 Å². The van der Waals surface area contributed by atoms with E-state index in [1.54, 1.807) is 19.1 Å². The number of carbonyl (C=O) groups excluding carboxylic acids is 2. The molecule has 2 aromatic rings. The quantitative estimate of drug-likeness (QED) is 0.441. The minimum atomic E-state index is -0.757. The van der Waals surface area contributed by atoms with E-state index >= 15 is 0 Å². The van der Waals surface area contributed by atoms with Crippen molar-refractivity contribution in [3.63, 3.8) is 0 Å². The zero-order valence-corrected chi connectivity index (χ0v) is 17.1. The lowest BCUT2D eigenvalue weighted by Gasteiger charge is -2.29. The molecule has 0 atom stereocenters. The molecule has 1 saturated heterocycles. The van der Waals surface area contributed by atoms with Gasteiger partial charge in [-0.25, -0.2) is 9.29 Å². The summed E-state index contributed by atoms with van der Waals surface area (Å²) in [6.07, 6.45) is 1.33. The van der Waals surface area contributed by atoms with Gasteiger partial charge in [0.25, 0.3) is 11.8 Å². The Morgan fingerprint density at radius 1 is 1.28 bits per heavy atom. The van der Waals surface area contributed by atoms with Gasteiger partial charge in [-0.3, -0.25) is 14.9 Å². The number of benzene rings is 2. The van der Waals surface area contributed by atoms with Crippen molar-refractivity contribution in [2.24, 2.45) is 0 Å². The van der Waals surface area contributed by atoms with E-state index in [0.717, 1.165) is 4.90 Å². The van der Waals surface area contributed by atoms with Crippen molar-refractivity contribution in [2.75, 3.05) is 18.6 Å². The monoisotopic (exact) mass is 434 g/mol. The molecule has 1 aliphatic rings. The molecule has 1 N–H and O–H groups in total. The number of halogens is 2. The lowest BCUT2D eigenvalue weighted by atomic mass is 10.1. The van der Waals surface area contributed by atoms with Crippen molar-refractivity contribution in [3.8, 4) is 11.5 Å². The molecule has 1 heterocycles. The van der Waals surface area contributed by atoms with Gasteiger partial charge in [-0.2, -0.15) is 0 Å². The third-order valence-electron chi connectivity index (χ3n) is 4.05. The molecule has 1 aliphatic heterocycles. The van der Waals surface area contributed by atoms with Gasteiger partial charge in [0.1, 0.15) is 11.4 Å². The maximum absolute atomic E-state index is 14.2. The van der Waals surface area contributed by atoms with Crippen molar-refractivity contribution >= 4 is 52.5 Å². The van der Waals surface area contributed by atoms with Gasteiger partial charge in [0, 0.05) is 0 Å². The highest BCUT2D eigenvalue weighted by atomic mass is 35.5. The minimum Gasteiger partial charge on any atom is -0.493 e. The standard InChI is InChI=1S/C20H16ClFN2O4S/c1-3-28-17-13(21)9-11(10-16(17)27-2)8-12-18(25)23-20(29)24(19(12)26)15-7-5-4-6-14(15)22/h4-10H,3H2,1-2H3,(H,23,25,29)/b12-8+. The number of thiocarbonyl (C=S) groups is 1. The molecule has 3 rings (SSSR count). The van der Waals surface area contributed by atoms with Crippen LogP contribution in [0.2, 0.25) is 5.02 Å². The Balaban J connectivity index is 2.05. The molecule has 0 aliphatic carbocycles. The Morgan fingerprint density at radius 2 is 2.00 bits per heavy atom. The number of rotatable bonds is 5. The number of para-hydroxylation sites is 1. The molecule has 2 aromatic carbocycles. The Kier molecular flexibility index (Phi) is 6.14. The van der Waals surface area contributed by atoms with Gasteiger partial charge >= 0.3 is 0 Å². The first-order chi connectivity index (χ1) is 13.9. The van der Waals surface area contributed by atoms with E-state index in [0.29, 0.717) is 23.7 Å². The molecule has 0 unspecified atom stereocenters. The Bertz CT molecular complexity index is 1040. The van der Waals surface area contributed by atoms with E-state index in [-0.39, 0.29) is 21.4 Å². The number of hydrogen-bond donors (Lipinski definition) is 1. The number of methoxy groups -OCH3 is 1. The first-order valence-corrected chi connectivity index (χ1v) is 9.32. The van der Waals surface area contributed by atoms with E-state index in [4.69, 9.17) is 33.3 Å². The lowest BCUT2D eigenvalue weighted by Crippen LogP contribution is -2.54.